The van der Waals surface area contributed by atoms with E-state index in [0.717, 1.165) is 11.3 Å². The summed E-state index contributed by atoms with van der Waals surface area (Å²) in [6.45, 7) is 0.0452. The quantitative estimate of drug-likeness (QED) is 0.470. The molecule has 0 aliphatic heterocycles. The van der Waals surface area contributed by atoms with Gasteiger partial charge in [0.25, 0.3) is 0 Å². The van der Waals surface area contributed by atoms with E-state index in [1.54, 1.807) is 36.5 Å². The third-order valence-electron chi connectivity index (χ3n) is 3.47. The molecular formula is C20H14Cl2FNO. The molecule has 0 aliphatic rings. The molecule has 0 atom stereocenters. The Bertz CT molecular complexity index is 874. The molecule has 0 radical (unpaired) electrons. The summed E-state index contributed by atoms with van der Waals surface area (Å²) in [4.78, 5) is 4.36. The second-order valence-corrected chi connectivity index (χ2v) is 6.10. The van der Waals surface area contributed by atoms with Gasteiger partial charge in [-0.1, -0.05) is 59.6 Å². The first-order valence-electron chi connectivity index (χ1n) is 7.58. The van der Waals surface area contributed by atoms with E-state index in [0.29, 0.717) is 21.4 Å². The van der Waals surface area contributed by atoms with Gasteiger partial charge in [-0.25, -0.2) is 4.39 Å². The molecule has 126 valence electrons. The van der Waals surface area contributed by atoms with E-state index in [4.69, 9.17) is 27.9 Å². The normalized spacial score (nSPS) is 11.0. The predicted octanol–water partition coefficient (Wildman–Crippen LogP) is 6.46. The smallest absolute Gasteiger partial charge is 0.157 e. The average molecular weight is 374 g/mol. The lowest BCUT2D eigenvalue weighted by Crippen LogP contribution is -1.99. The summed E-state index contributed by atoms with van der Waals surface area (Å²) in [6, 6.07) is 19.3. The monoisotopic (exact) mass is 373 g/mol. The molecule has 0 saturated heterocycles. The van der Waals surface area contributed by atoms with Crippen molar-refractivity contribution in [2.24, 2.45) is 4.99 Å². The van der Waals surface area contributed by atoms with Crippen LogP contribution in [0.25, 0.3) is 0 Å². The first-order chi connectivity index (χ1) is 12.1. The lowest BCUT2D eigenvalue weighted by atomic mass is 10.2. The zero-order valence-electron chi connectivity index (χ0n) is 13.1. The maximum absolute atomic E-state index is 13.7. The highest BCUT2D eigenvalue weighted by molar-refractivity contribution is 6.37. The van der Waals surface area contributed by atoms with Crippen molar-refractivity contribution in [3.05, 3.63) is 93.7 Å². The summed E-state index contributed by atoms with van der Waals surface area (Å²) >= 11 is 12.5. The van der Waals surface area contributed by atoms with Gasteiger partial charge in [0.2, 0.25) is 0 Å². The van der Waals surface area contributed by atoms with Gasteiger partial charge in [0.05, 0.1) is 15.7 Å². The maximum atomic E-state index is 13.7. The second kappa shape index (κ2) is 8.15. The molecule has 0 saturated carbocycles. The van der Waals surface area contributed by atoms with Gasteiger partial charge < -0.3 is 4.74 Å². The van der Waals surface area contributed by atoms with E-state index in [1.807, 2.05) is 30.3 Å². The SMILES string of the molecule is Fc1ccccc1COc1c(Cl)cc(C=Nc2ccccc2)cc1Cl. The highest BCUT2D eigenvalue weighted by atomic mass is 35.5. The van der Waals surface area contributed by atoms with Crippen LogP contribution < -0.4 is 4.74 Å². The van der Waals surface area contributed by atoms with Crippen molar-refractivity contribution >= 4 is 35.1 Å². The molecule has 25 heavy (non-hydrogen) atoms. The summed E-state index contributed by atoms with van der Waals surface area (Å²) in [5.74, 6) is -0.00944. The third kappa shape index (κ3) is 4.59. The Kier molecular flexibility index (Phi) is 5.69. The first kappa shape index (κ1) is 17.5. The molecule has 0 unspecified atom stereocenters. The molecule has 0 bridgehead atoms. The van der Waals surface area contributed by atoms with E-state index in [1.165, 1.54) is 6.07 Å². The molecule has 3 rings (SSSR count). The minimum atomic E-state index is -0.332. The Hall–Kier alpha value is -2.36. The van der Waals surface area contributed by atoms with Crippen molar-refractivity contribution in [2.45, 2.75) is 6.61 Å². The third-order valence-corrected chi connectivity index (χ3v) is 4.03. The number of benzene rings is 3. The number of hydrogen-bond donors (Lipinski definition) is 0. The molecule has 2 nitrogen and oxygen atoms in total. The van der Waals surface area contributed by atoms with E-state index in [9.17, 15) is 4.39 Å². The van der Waals surface area contributed by atoms with Crippen molar-refractivity contribution < 1.29 is 9.13 Å². The summed E-state index contributed by atoms with van der Waals surface area (Å²) in [5.41, 5.74) is 2.01. The van der Waals surface area contributed by atoms with Gasteiger partial charge in [-0.2, -0.15) is 0 Å². The largest absolute Gasteiger partial charge is 0.486 e. The lowest BCUT2D eigenvalue weighted by Gasteiger charge is -2.11. The molecule has 0 heterocycles. The first-order valence-corrected chi connectivity index (χ1v) is 8.33. The molecule has 0 spiro atoms. The predicted molar refractivity (Wildman–Crippen MR) is 101 cm³/mol. The zero-order valence-corrected chi connectivity index (χ0v) is 14.6. The minimum absolute atomic E-state index is 0.0452. The van der Waals surface area contributed by atoms with Gasteiger partial charge in [-0.05, 0) is 35.9 Å². The Balaban J connectivity index is 1.76. The number of halogens is 3. The van der Waals surface area contributed by atoms with Crippen molar-refractivity contribution in [1.82, 2.24) is 0 Å². The van der Waals surface area contributed by atoms with Crippen LogP contribution in [0.15, 0.2) is 71.7 Å². The van der Waals surface area contributed by atoms with Gasteiger partial charge in [-0.3, -0.25) is 4.99 Å². The van der Waals surface area contributed by atoms with Crippen LogP contribution >= 0.6 is 23.2 Å². The summed E-state index contributed by atoms with van der Waals surface area (Å²) in [5, 5.41) is 0.691. The molecule has 0 aliphatic carbocycles. The Morgan fingerprint density at radius 3 is 2.24 bits per heavy atom. The van der Waals surface area contributed by atoms with Crippen LogP contribution in [-0.4, -0.2) is 6.21 Å². The summed E-state index contributed by atoms with van der Waals surface area (Å²) in [7, 11) is 0. The molecule has 5 heteroatoms. The van der Waals surface area contributed by atoms with Crippen molar-refractivity contribution in [1.29, 1.82) is 0 Å². The lowest BCUT2D eigenvalue weighted by molar-refractivity contribution is 0.300. The fourth-order valence-corrected chi connectivity index (χ4v) is 2.83. The minimum Gasteiger partial charge on any atom is -0.486 e. The topological polar surface area (TPSA) is 21.6 Å². The van der Waals surface area contributed by atoms with Crippen LogP contribution in [0.5, 0.6) is 5.75 Å². The average Bonchev–Trinajstić information content (AvgIpc) is 2.61. The number of nitrogens with zero attached hydrogens (tertiary/aromatic N) is 1. The van der Waals surface area contributed by atoms with Gasteiger partial charge in [0.1, 0.15) is 12.4 Å². The van der Waals surface area contributed by atoms with Crippen LogP contribution in [0.2, 0.25) is 10.0 Å². The fourth-order valence-electron chi connectivity index (χ4n) is 2.22. The Morgan fingerprint density at radius 1 is 0.920 bits per heavy atom. The van der Waals surface area contributed by atoms with Crippen LogP contribution in [0.4, 0.5) is 10.1 Å². The van der Waals surface area contributed by atoms with E-state index in [-0.39, 0.29) is 12.4 Å². The van der Waals surface area contributed by atoms with Crippen LogP contribution in [0, 0.1) is 5.82 Å². The Morgan fingerprint density at radius 2 is 1.56 bits per heavy atom. The van der Waals surface area contributed by atoms with E-state index >= 15 is 0 Å². The van der Waals surface area contributed by atoms with Gasteiger partial charge in [0.15, 0.2) is 5.75 Å². The molecular weight excluding hydrogens is 360 g/mol. The molecule has 3 aromatic rings. The van der Waals surface area contributed by atoms with Gasteiger partial charge in [0, 0.05) is 11.8 Å². The number of aliphatic imine (C=N–C) groups is 1. The number of ether oxygens (including phenoxy) is 1. The van der Waals surface area contributed by atoms with Gasteiger partial charge in [-0.15, -0.1) is 0 Å². The highest BCUT2D eigenvalue weighted by Gasteiger charge is 2.11. The number of hydrogen-bond acceptors (Lipinski definition) is 2. The molecule has 0 aromatic heterocycles. The van der Waals surface area contributed by atoms with E-state index < -0.39 is 0 Å². The van der Waals surface area contributed by atoms with Crippen LogP contribution in [0.1, 0.15) is 11.1 Å². The van der Waals surface area contributed by atoms with Crippen molar-refractivity contribution in [3.63, 3.8) is 0 Å². The fraction of sp³-hybridized carbons (Fsp3) is 0.0500. The second-order valence-electron chi connectivity index (χ2n) is 5.29. The van der Waals surface area contributed by atoms with Gasteiger partial charge >= 0.3 is 0 Å². The zero-order chi connectivity index (χ0) is 17.6. The summed E-state index contributed by atoms with van der Waals surface area (Å²) in [6.07, 6.45) is 1.67. The Labute approximate surface area is 155 Å². The molecule has 0 fully saturated rings. The van der Waals surface area contributed by atoms with Crippen LogP contribution in [0.3, 0.4) is 0 Å². The number of rotatable bonds is 5. The molecule has 3 aromatic carbocycles. The summed E-state index contributed by atoms with van der Waals surface area (Å²) < 4.78 is 19.3. The van der Waals surface area contributed by atoms with Crippen molar-refractivity contribution in [3.8, 4) is 5.75 Å². The highest BCUT2D eigenvalue weighted by Crippen LogP contribution is 2.34. The van der Waals surface area contributed by atoms with Crippen molar-refractivity contribution in [2.75, 3.05) is 0 Å². The van der Waals surface area contributed by atoms with Crippen LogP contribution in [-0.2, 0) is 6.61 Å². The van der Waals surface area contributed by atoms with E-state index in [2.05, 4.69) is 4.99 Å². The molecule has 0 amide bonds. The maximum Gasteiger partial charge on any atom is 0.157 e. The number of para-hydroxylation sites is 1. The standard InChI is InChI=1S/C20H14Cl2FNO/c21-17-10-14(12-24-16-7-2-1-3-8-16)11-18(22)20(17)25-13-15-6-4-5-9-19(15)23/h1-12H,13H2. The molecule has 0 N–H and O–H groups in total.